The van der Waals surface area contributed by atoms with E-state index in [1.165, 1.54) is 0 Å². The topological polar surface area (TPSA) is 0 Å². The second kappa shape index (κ2) is 36.2. The van der Waals surface area contributed by atoms with Crippen LogP contribution in [0.4, 0.5) is 0 Å². The Balaban J connectivity index is 0. The van der Waals surface area contributed by atoms with Crippen LogP contribution in [0.2, 0.25) is 0 Å². The van der Waals surface area contributed by atoms with Crippen molar-refractivity contribution in [2.75, 3.05) is 0 Å². The number of hydrogen-bond donors (Lipinski definition) is 0. The van der Waals surface area contributed by atoms with Gasteiger partial charge in [-0.1, -0.05) is 0 Å². The van der Waals surface area contributed by atoms with Crippen molar-refractivity contribution in [1.82, 2.24) is 0 Å². The van der Waals surface area contributed by atoms with Gasteiger partial charge in [0.05, 0.1) is 0 Å². The minimum absolute atomic E-state index is 0. The van der Waals surface area contributed by atoms with Gasteiger partial charge in [-0.15, -0.1) is 0 Å². The van der Waals surface area contributed by atoms with Crippen LogP contribution in [-0.2, 0) is 107 Å². The molecule has 0 amide bonds. The molecule has 6 heteroatoms. The molecule has 0 aromatic rings. The molecule has 0 bridgehead atoms. The first-order valence-electron chi connectivity index (χ1n) is 0. The van der Waals surface area contributed by atoms with Gasteiger partial charge in [0.25, 0.3) is 0 Å². The summed E-state index contributed by atoms with van der Waals surface area (Å²) in [6.07, 6.45) is 0. The van der Waals surface area contributed by atoms with Gasteiger partial charge in [0.15, 0.2) is 0 Å². The van der Waals surface area contributed by atoms with Gasteiger partial charge in [0.1, 0.15) is 0 Å². The largest absolute Gasteiger partial charge is 2.00 e. The van der Waals surface area contributed by atoms with Crippen LogP contribution in [0.1, 0.15) is 0 Å². The predicted octanol–water partition coefficient (Wildman–Crippen LogP) is -0.393. The van der Waals surface area contributed by atoms with E-state index < -0.39 is 0 Å². The van der Waals surface area contributed by atoms with Crippen LogP contribution in [0, 0.1) is 0 Å². The van der Waals surface area contributed by atoms with Crippen molar-refractivity contribution in [2.24, 2.45) is 0 Å². The third kappa shape index (κ3) is 24.6. The summed E-state index contributed by atoms with van der Waals surface area (Å²) in [5.74, 6) is 0. The second-order valence-corrected chi connectivity index (χ2v) is 0. The SMILES string of the molecule is [Cd+2].[Cd+2].[S-2].[Se-2].[Zn].[Zn]. The van der Waals surface area contributed by atoms with Crippen molar-refractivity contribution in [3.8, 4) is 0 Å². The fourth-order valence-corrected chi connectivity index (χ4v) is 0. The standard InChI is InChI=1S/2Cd.S.Se.2Zn/q2*+2;2*-2;;. The van der Waals surface area contributed by atoms with E-state index in [0.717, 1.165) is 0 Å². The fourth-order valence-electron chi connectivity index (χ4n) is 0. The molecule has 0 saturated heterocycles. The van der Waals surface area contributed by atoms with Crippen LogP contribution in [0.15, 0.2) is 0 Å². The molecule has 0 nitrogen and oxygen atoms in total. The Morgan fingerprint density at radius 2 is 0.667 bits per heavy atom. The van der Waals surface area contributed by atoms with E-state index in [4.69, 9.17) is 0 Å². The summed E-state index contributed by atoms with van der Waals surface area (Å²) in [6.45, 7) is 0. The van der Waals surface area contributed by atoms with Gasteiger partial charge in [-0.05, 0) is 0 Å². The Bertz CT molecular complexity index is 11.5. The monoisotopic (exact) mass is 468 g/mol. The maximum absolute atomic E-state index is 0. The molecular weight excluding hydrogens is 467 g/mol. The molecule has 0 aromatic heterocycles. The summed E-state index contributed by atoms with van der Waals surface area (Å²) in [7, 11) is 0. The van der Waals surface area contributed by atoms with E-state index in [0.29, 0.717) is 0 Å². The van der Waals surface area contributed by atoms with E-state index >= 15 is 0 Å². The van der Waals surface area contributed by atoms with Crippen molar-refractivity contribution in [3.63, 3.8) is 0 Å². The van der Waals surface area contributed by atoms with Gasteiger partial charge in [-0.25, -0.2) is 0 Å². The molecule has 0 heterocycles. The fraction of sp³-hybridized carbons (Fsp3) is 0. The zero-order chi connectivity index (χ0) is 0. The molecule has 0 saturated carbocycles. The van der Waals surface area contributed by atoms with Crippen molar-refractivity contribution < 1.29 is 93.6 Å². The predicted molar refractivity (Wildman–Crippen MR) is 13.1 cm³/mol. The maximum Gasteiger partial charge on any atom is 2.00 e. The molecule has 0 aromatic carbocycles. The molecular formula is Cd2SSeZn2. The summed E-state index contributed by atoms with van der Waals surface area (Å²) >= 11 is 0. The minimum Gasteiger partial charge on any atom is -2.00 e. The Morgan fingerprint density at radius 3 is 0.667 bits per heavy atom. The smallest absolute Gasteiger partial charge is 2.00 e. The first kappa shape index (κ1) is 51.0. The summed E-state index contributed by atoms with van der Waals surface area (Å²) in [5.41, 5.74) is 0. The van der Waals surface area contributed by atoms with E-state index in [-0.39, 0.29) is 124 Å². The molecule has 0 unspecified atom stereocenters. The zero-order valence-corrected chi connectivity index (χ0v) is 20.2. The second-order valence-electron chi connectivity index (χ2n) is 0. The van der Waals surface area contributed by atoms with E-state index in [9.17, 15) is 0 Å². The van der Waals surface area contributed by atoms with E-state index in [1.807, 2.05) is 0 Å². The van der Waals surface area contributed by atoms with Crippen LogP contribution in [-0.4, -0.2) is 17.1 Å². The van der Waals surface area contributed by atoms with Crippen molar-refractivity contribution in [3.05, 3.63) is 0 Å². The van der Waals surface area contributed by atoms with E-state index in [2.05, 4.69) is 0 Å². The van der Waals surface area contributed by atoms with Crippen LogP contribution in [0.3, 0.4) is 0 Å². The third-order valence-corrected chi connectivity index (χ3v) is 0. The average Bonchev–Trinajstić information content (AvgIpc) is 0. The Kier molecular flexibility index (Phi) is 308. The van der Waals surface area contributed by atoms with Gasteiger partial charge in [-0.3, -0.25) is 0 Å². The van der Waals surface area contributed by atoms with Crippen LogP contribution < -0.4 is 0 Å². The normalized spacial score (nSPS) is 0. The molecule has 0 spiro atoms. The zero-order valence-electron chi connectivity index (χ0n) is 3.64. The van der Waals surface area contributed by atoms with Crippen molar-refractivity contribution in [2.45, 2.75) is 0 Å². The maximum atomic E-state index is 0. The van der Waals surface area contributed by atoms with Gasteiger partial charge in [0, 0.05) is 39.0 Å². The molecule has 0 aliphatic heterocycles. The van der Waals surface area contributed by atoms with Gasteiger partial charge >= 0.3 is 54.6 Å². The van der Waals surface area contributed by atoms with Crippen molar-refractivity contribution >= 4 is 30.6 Å². The van der Waals surface area contributed by atoms with Crippen LogP contribution >= 0.6 is 0 Å². The molecule has 0 fully saturated rings. The Hall–Kier alpha value is 3.96. The molecule has 20 valence electrons. The Labute approximate surface area is 121 Å². The molecule has 0 aliphatic rings. The molecule has 0 aliphatic carbocycles. The van der Waals surface area contributed by atoms with Crippen molar-refractivity contribution in [1.29, 1.82) is 0 Å². The van der Waals surface area contributed by atoms with Crippen LogP contribution in [0.25, 0.3) is 0 Å². The van der Waals surface area contributed by atoms with Gasteiger partial charge in [0.2, 0.25) is 0 Å². The van der Waals surface area contributed by atoms with E-state index in [1.54, 1.807) is 0 Å². The number of rotatable bonds is 0. The summed E-state index contributed by atoms with van der Waals surface area (Å²) in [5, 5.41) is 0. The quantitative estimate of drug-likeness (QED) is 0.427. The molecule has 6 heavy (non-hydrogen) atoms. The average molecular weight is 467 g/mol. The first-order valence-corrected chi connectivity index (χ1v) is 0. The summed E-state index contributed by atoms with van der Waals surface area (Å²) in [4.78, 5) is 0. The molecule has 0 N–H and O–H groups in total. The van der Waals surface area contributed by atoms with Gasteiger partial charge in [-0.2, -0.15) is 0 Å². The minimum atomic E-state index is 0. The molecule has 0 radical (unpaired) electrons. The molecule has 0 atom stereocenters. The summed E-state index contributed by atoms with van der Waals surface area (Å²) < 4.78 is 0. The first-order chi connectivity index (χ1) is 0. The van der Waals surface area contributed by atoms with Gasteiger partial charge < -0.3 is 30.6 Å². The number of hydrogen-bond acceptors (Lipinski definition) is 0. The summed E-state index contributed by atoms with van der Waals surface area (Å²) in [6, 6.07) is 0. The third-order valence-electron chi connectivity index (χ3n) is 0. The van der Waals surface area contributed by atoms with Crippen LogP contribution in [0.5, 0.6) is 0 Å². The Morgan fingerprint density at radius 1 is 0.667 bits per heavy atom. The molecule has 0 rings (SSSR count).